The van der Waals surface area contributed by atoms with Crippen LogP contribution in [-0.2, 0) is 6.42 Å². The summed E-state index contributed by atoms with van der Waals surface area (Å²) in [4.78, 5) is 0. The SMILES string of the molecule is CCNC(Cc1cccc(F)c1)c1cccc(C)c1C. The number of likely N-dealkylation sites (N-methyl/N-ethyl adjacent to an activating group) is 1. The minimum absolute atomic E-state index is 0.168. The zero-order valence-corrected chi connectivity index (χ0v) is 12.4. The summed E-state index contributed by atoms with van der Waals surface area (Å²) in [5, 5.41) is 3.51. The standard InChI is InChI=1S/C18H22FN/c1-4-20-18(12-15-8-6-9-16(19)11-15)17-10-5-7-13(2)14(17)3/h5-11,18,20H,4,12H2,1-3H3. The third kappa shape index (κ3) is 3.45. The number of rotatable bonds is 5. The van der Waals surface area contributed by atoms with Crippen molar-refractivity contribution in [3.63, 3.8) is 0 Å². The van der Waals surface area contributed by atoms with Gasteiger partial charge in [-0.25, -0.2) is 4.39 Å². The van der Waals surface area contributed by atoms with Gasteiger partial charge in [-0.05, 0) is 61.2 Å². The minimum Gasteiger partial charge on any atom is -0.310 e. The first kappa shape index (κ1) is 14.7. The molecule has 1 atom stereocenters. The molecule has 0 saturated heterocycles. The van der Waals surface area contributed by atoms with Gasteiger partial charge in [0.25, 0.3) is 0 Å². The van der Waals surface area contributed by atoms with Gasteiger partial charge in [-0.1, -0.05) is 37.3 Å². The van der Waals surface area contributed by atoms with Gasteiger partial charge in [0, 0.05) is 6.04 Å². The van der Waals surface area contributed by atoms with Crippen molar-refractivity contribution in [1.29, 1.82) is 0 Å². The lowest BCUT2D eigenvalue weighted by atomic mass is 9.93. The summed E-state index contributed by atoms with van der Waals surface area (Å²) in [6, 6.07) is 13.5. The van der Waals surface area contributed by atoms with E-state index in [1.807, 2.05) is 6.07 Å². The molecule has 1 N–H and O–H groups in total. The van der Waals surface area contributed by atoms with Gasteiger partial charge in [-0.2, -0.15) is 0 Å². The second-order valence-electron chi connectivity index (χ2n) is 5.23. The van der Waals surface area contributed by atoms with E-state index in [4.69, 9.17) is 0 Å². The molecule has 2 aromatic rings. The smallest absolute Gasteiger partial charge is 0.123 e. The molecule has 0 heterocycles. The molecule has 2 heteroatoms. The molecule has 106 valence electrons. The molecule has 0 amide bonds. The predicted molar refractivity (Wildman–Crippen MR) is 82.4 cm³/mol. The van der Waals surface area contributed by atoms with Gasteiger partial charge in [0.15, 0.2) is 0 Å². The molecule has 2 aromatic carbocycles. The molecule has 0 aliphatic heterocycles. The summed E-state index contributed by atoms with van der Waals surface area (Å²) in [5.41, 5.74) is 4.94. The molecule has 2 rings (SSSR count). The van der Waals surface area contributed by atoms with E-state index >= 15 is 0 Å². The Morgan fingerprint density at radius 2 is 1.85 bits per heavy atom. The maximum Gasteiger partial charge on any atom is 0.123 e. The lowest BCUT2D eigenvalue weighted by Gasteiger charge is -2.21. The Kier molecular flexibility index (Phi) is 4.91. The van der Waals surface area contributed by atoms with Crippen molar-refractivity contribution >= 4 is 0 Å². The first-order valence-corrected chi connectivity index (χ1v) is 7.15. The van der Waals surface area contributed by atoms with Crippen LogP contribution in [0.15, 0.2) is 42.5 Å². The number of halogens is 1. The lowest BCUT2D eigenvalue weighted by molar-refractivity contribution is 0.544. The van der Waals surface area contributed by atoms with Gasteiger partial charge in [-0.3, -0.25) is 0 Å². The number of nitrogens with one attached hydrogen (secondary N) is 1. The van der Waals surface area contributed by atoms with Crippen LogP contribution in [0, 0.1) is 19.7 Å². The predicted octanol–water partition coefficient (Wildman–Crippen LogP) is 4.34. The van der Waals surface area contributed by atoms with Crippen molar-refractivity contribution in [2.45, 2.75) is 33.2 Å². The van der Waals surface area contributed by atoms with E-state index in [0.29, 0.717) is 0 Å². The van der Waals surface area contributed by atoms with Crippen molar-refractivity contribution in [2.24, 2.45) is 0 Å². The van der Waals surface area contributed by atoms with Gasteiger partial charge >= 0.3 is 0 Å². The Labute approximate surface area is 120 Å². The fourth-order valence-electron chi connectivity index (χ4n) is 2.59. The van der Waals surface area contributed by atoms with Gasteiger partial charge in [0.2, 0.25) is 0 Å². The summed E-state index contributed by atoms with van der Waals surface area (Å²) < 4.78 is 13.3. The number of hydrogen-bond acceptors (Lipinski definition) is 1. The van der Waals surface area contributed by atoms with E-state index in [9.17, 15) is 4.39 Å². The topological polar surface area (TPSA) is 12.0 Å². The maximum atomic E-state index is 13.3. The largest absolute Gasteiger partial charge is 0.310 e. The van der Waals surface area contributed by atoms with Crippen molar-refractivity contribution < 1.29 is 4.39 Å². The van der Waals surface area contributed by atoms with E-state index in [-0.39, 0.29) is 11.9 Å². The summed E-state index contributed by atoms with van der Waals surface area (Å²) >= 11 is 0. The molecule has 0 aliphatic rings. The van der Waals surface area contributed by atoms with Crippen LogP contribution in [0.25, 0.3) is 0 Å². The van der Waals surface area contributed by atoms with Gasteiger partial charge in [0.1, 0.15) is 5.82 Å². The zero-order chi connectivity index (χ0) is 14.5. The molecule has 0 aliphatic carbocycles. The highest BCUT2D eigenvalue weighted by Crippen LogP contribution is 2.24. The van der Waals surface area contributed by atoms with Crippen molar-refractivity contribution in [3.05, 3.63) is 70.5 Å². The van der Waals surface area contributed by atoms with E-state index in [1.165, 1.54) is 22.8 Å². The summed E-state index contributed by atoms with van der Waals surface area (Å²) in [6.45, 7) is 7.28. The van der Waals surface area contributed by atoms with Crippen LogP contribution in [0.1, 0.15) is 35.2 Å². The molecule has 0 radical (unpaired) electrons. The molecule has 20 heavy (non-hydrogen) atoms. The Hall–Kier alpha value is -1.67. The molecule has 0 saturated carbocycles. The van der Waals surface area contributed by atoms with Crippen LogP contribution in [0.4, 0.5) is 4.39 Å². The first-order valence-electron chi connectivity index (χ1n) is 7.15. The average molecular weight is 271 g/mol. The Balaban J connectivity index is 2.29. The van der Waals surface area contributed by atoms with E-state index in [2.05, 4.69) is 44.3 Å². The Morgan fingerprint density at radius 3 is 2.55 bits per heavy atom. The normalized spacial score (nSPS) is 12.4. The second-order valence-corrected chi connectivity index (χ2v) is 5.23. The van der Waals surface area contributed by atoms with Crippen LogP contribution in [0.3, 0.4) is 0 Å². The molecule has 0 aromatic heterocycles. The molecular formula is C18H22FN. The second kappa shape index (κ2) is 6.67. The van der Waals surface area contributed by atoms with Gasteiger partial charge < -0.3 is 5.32 Å². The molecule has 1 nitrogen and oxygen atoms in total. The molecule has 0 fully saturated rings. The first-order chi connectivity index (χ1) is 9.61. The molecule has 1 unspecified atom stereocenters. The highest BCUT2D eigenvalue weighted by molar-refractivity contribution is 5.36. The van der Waals surface area contributed by atoms with Crippen molar-refractivity contribution in [2.75, 3.05) is 6.54 Å². The van der Waals surface area contributed by atoms with Gasteiger partial charge in [0.05, 0.1) is 0 Å². The lowest BCUT2D eigenvalue weighted by Crippen LogP contribution is -2.24. The summed E-state index contributed by atoms with van der Waals surface area (Å²) in [7, 11) is 0. The van der Waals surface area contributed by atoms with Crippen LogP contribution >= 0.6 is 0 Å². The van der Waals surface area contributed by atoms with Gasteiger partial charge in [-0.15, -0.1) is 0 Å². The summed E-state index contributed by atoms with van der Waals surface area (Å²) in [5.74, 6) is -0.168. The highest BCUT2D eigenvalue weighted by Gasteiger charge is 2.14. The average Bonchev–Trinajstić information content (AvgIpc) is 2.42. The van der Waals surface area contributed by atoms with Crippen LogP contribution in [0.5, 0.6) is 0 Å². The Bertz CT molecular complexity index is 577. The monoisotopic (exact) mass is 271 g/mol. The summed E-state index contributed by atoms with van der Waals surface area (Å²) in [6.07, 6.45) is 0.801. The number of hydrogen-bond donors (Lipinski definition) is 1. The van der Waals surface area contributed by atoms with Crippen LogP contribution < -0.4 is 5.32 Å². The van der Waals surface area contributed by atoms with Crippen LogP contribution in [-0.4, -0.2) is 6.54 Å². The fourth-order valence-corrected chi connectivity index (χ4v) is 2.59. The third-order valence-electron chi connectivity index (χ3n) is 3.80. The molecule has 0 bridgehead atoms. The number of benzene rings is 2. The van der Waals surface area contributed by atoms with Crippen molar-refractivity contribution in [3.8, 4) is 0 Å². The third-order valence-corrected chi connectivity index (χ3v) is 3.80. The molecular weight excluding hydrogens is 249 g/mol. The fraction of sp³-hybridized carbons (Fsp3) is 0.333. The highest BCUT2D eigenvalue weighted by atomic mass is 19.1. The Morgan fingerprint density at radius 1 is 1.10 bits per heavy atom. The quantitative estimate of drug-likeness (QED) is 0.853. The maximum absolute atomic E-state index is 13.3. The zero-order valence-electron chi connectivity index (χ0n) is 12.4. The molecule has 0 spiro atoms. The van der Waals surface area contributed by atoms with E-state index < -0.39 is 0 Å². The van der Waals surface area contributed by atoms with E-state index in [1.54, 1.807) is 12.1 Å². The van der Waals surface area contributed by atoms with Crippen LogP contribution in [0.2, 0.25) is 0 Å². The number of aryl methyl sites for hydroxylation is 1. The van der Waals surface area contributed by atoms with E-state index in [0.717, 1.165) is 18.5 Å². The minimum atomic E-state index is -0.168. The van der Waals surface area contributed by atoms with Crippen molar-refractivity contribution in [1.82, 2.24) is 5.32 Å².